The Morgan fingerprint density at radius 2 is 1.75 bits per heavy atom. The van der Waals surface area contributed by atoms with Gasteiger partial charge in [0.05, 0.1) is 0 Å². The van der Waals surface area contributed by atoms with Crippen LogP contribution in [0.1, 0.15) is 32.3 Å². The van der Waals surface area contributed by atoms with Crippen LogP contribution >= 0.6 is 24.4 Å². The van der Waals surface area contributed by atoms with Crippen LogP contribution in [0.25, 0.3) is 0 Å². The average Bonchev–Trinajstić information content (AvgIpc) is 2.37. The average molecular weight is 254 g/mol. The molecule has 0 unspecified atom stereocenters. The highest BCUT2D eigenvalue weighted by atomic mass is 32.2. The Hall–Kier alpha value is -0.0800. The molecule has 0 atom stereocenters. The van der Waals surface area contributed by atoms with Gasteiger partial charge in [-0.25, -0.2) is 0 Å². The predicted molar refractivity (Wildman–Crippen MR) is 79.5 cm³/mol. The minimum absolute atomic E-state index is 0.433. The zero-order valence-electron chi connectivity index (χ0n) is 10.3. The number of hydrogen-bond donors (Lipinski definition) is 1. The van der Waals surface area contributed by atoms with Crippen LogP contribution in [0.5, 0.6) is 0 Å². The second kappa shape index (κ2) is 7.29. The Bertz CT molecular complexity index is 270. The maximum absolute atomic E-state index is 4.51. The van der Waals surface area contributed by atoms with Crippen LogP contribution < -0.4 is 0 Å². The first-order valence-corrected chi connectivity index (χ1v) is 7.77. The summed E-state index contributed by atoms with van der Waals surface area (Å²) < 4.78 is 0. The van der Waals surface area contributed by atoms with Crippen LogP contribution in [0, 0.1) is 5.41 Å². The van der Waals surface area contributed by atoms with Gasteiger partial charge in [-0.2, -0.15) is 24.4 Å². The minimum atomic E-state index is 0.433. The lowest BCUT2D eigenvalue weighted by Crippen LogP contribution is -2.24. The molecule has 0 nitrogen and oxygen atoms in total. The van der Waals surface area contributed by atoms with E-state index >= 15 is 0 Å². The molecule has 1 aromatic carbocycles. The summed E-state index contributed by atoms with van der Waals surface area (Å²) in [6.45, 7) is 4.56. The van der Waals surface area contributed by atoms with Crippen molar-refractivity contribution in [2.45, 2.75) is 32.4 Å². The summed E-state index contributed by atoms with van der Waals surface area (Å²) in [7, 11) is 0. The number of rotatable bonds is 7. The number of thiol groups is 1. The topological polar surface area (TPSA) is 0 Å². The Balaban J connectivity index is 2.39. The molecule has 0 N–H and O–H groups in total. The lowest BCUT2D eigenvalue weighted by Gasteiger charge is -2.29. The van der Waals surface area contributed by atoms with E-state index in [2.05, 4.69) is 56.8 Å². The summed E-state index contributed by atoms with van der Waals surface area (Å²) >= 11 is 6.55. The third-order valence-electron chi connectivity index (χ3n) is 3.36. The van der Waals surface area contributed by atoms with Crippen molar-refractivity contribution < 1.29 is 0 Å². The summed E-state index contributed by atoms with van der Waals surface area (Å²) in [5.41, 5.74) is 1.86. The SMILES string of the molecule is CCC(CC)(CS)CSCc1ccccc1. The fourth-order valence-electron chi connectivity index (χ4n) is 1.68. The van der Waals surface area contributed by atoms with Gasteiger partial charge in [-0.05, 0) is 29.6 Å². The standard InChI is InChI=1S/C14H22S2/c1-3-14(4-2,11-15)12-16-10-13-8-6-5-7-9-13/h5-9,15H,3-4,10-12H2,1-2H3. The van der Waals surface area contributed by atoms with Crippen LogP contribution in [0.2, 0.25) is 0 Å². The highest BCUT2D eigenvalue weighted by molar-refractivity contribution is 7.98. The third-order valence-corrected chi connectivity index (χ3v) is 5.38. The van der Waals surface area contributed by atoms with Crippen LogP contribution in [0.15, 0.2) is 30.3 Å². The van der Waals surface area contributed by atoms with E-state index in [-0.39, 0.29) is 0 Å². The van der Waals surface area contributed by atoms with Gasteiger partial charge in [0.25, 0.3) is 0 Å². The van der Waals surface area contributed by atoms with Crippen molar-refractivity contribution in [1.29, 1.82) is 0 Å². The monoisotopic (exact) mass is 254 g/mol. The predicted octanol–water partition coefficient (Wildman–Crippen LogP) is 4.66. The van der Waals surface area contributed by atoms with E-state index in [1.165, 1.54) is 24.2 Å². The molecule has 0 heterocycles. The second-order valence-corrected chi connectivity index (χ2v) is 5.65. The summed E-state index contributed by atoms with van der Waals surface area (Å²) in [5.74, 6) is 3.34. The largest absolute Gasteiger partial charge is 0.179 e. The molecule has 0 amide bonds. The molecule has 0 spiro atoms. The van der Waals surface area contributed by atoms with Gasteiger partial charge in [-0.1, -0.05) is 44.2 Å². The third kappa shape index (κ3) is 4.06. The molecule has 2 heteroatoms. The van der Waals surface area contributed by atoms with Gasteiger partial charge in [0, 0.05) is 11.5 Å². The molecule has 0 saturated heterocycles. The highest BCUT2D eigenvalue weighted by Crippen LogP contribution is 2.33. The molecule has 16 heavy (non-hydrogen) atoms. The molecule has 0 bridgehead atoms. The Kier molecular flexibility index (Phi) is 6.37. The maximum Gasteiger partial charge on any atom is 0.0184 e. The van der Waals surface area contributed by atoms with E-state index in [9.17, 15) is 0 Å². The summed E-state index contributed by atoms with van der Waals surface area (Å²) in [4.78, 5) is 0. The molecule has 0 aliphatic carbocycles. The first kappa shape index (κ1) is 14.0. The van der Waals surface area contributed by atoms with Gasteiger partial charge in [-0.3, -0.25) is 0 Å². The summed E-state index contributed by atoms with van der Waals surface area (Å²) in [5, 5.41) is 0. The van der Waals surface area contributed by atoms with Crippen molar-refractivity contribution in [3.05, 3.63) is 35.9 Å². The summed E-state index contributed by atoms with van der Waals surface area (Å²) in [6, 6.07) is 10.7. The smallest absolute Gasteiger partial charge is 0.0184 e. The molecular weight excluding hydrogens is 232 g/mol. The Labute approximate surface area is 110 Å². The van der Waals surface area contributed by atoms with E-state index in [1.54, 1.807) is 0 Å². The molecule has 0 aliphatic rings. The zero-order valence-corrected chi connectivity index (χ0v) is 12.0. The molecule has 0 aromatic heterocycles. The summed E-state index contributed by atoms with van der Waals surface area (Å²) in [6.07, 6.45) is 2.46. The van der Waals surface area contributed by atoms with Crippen LogP contribution in [-0.4, -0.2) is 11.5 Å². The number of thioether (sulfide) groups is 1. The second-order valence-electron chi connectivity index (χ2n) is 4.34. The highest BCUT2D eigenvalue weighted by Gasteiger charge is 2.23. The molecule has 1 aromatic rings. The van der Waals surface area contributed by atoms with Crippen molar-refractivity contribution >= 4 is 24.4 Å². The maximum atomic E-state index is 4.51. The fourth-order valence-corrected chi connectivity index (χ4v) is 3.87. The number of hydrogen-bond acceptors (Lipinski definition) is 2. The Morgan fingerprint density at radius 1 is 1.12 bits per heavy atom. The van der Waals surface area contributed by atoms with Gasteiger partial charge in [0.1, 0.15) is 0 Å². The van der Waals surface area contributed by atoms with Crippen molar-refractivity contribution in [3.8, 4) is 0 Å². The molecule has 0 fully saturated rings. The first-order chi connectivity index (χ1) is 7.76. The van der Waals surface area contributed by atoms with Gasteiger partial charge in [0.15, 0.2) is 0 Å². The van der Waals surface area contributed by atoms with Crippen LogP contribution in [-0.2, 0) is 5.75 Å². The molecule has 0 aliphatic heterocycles. The van der Waals surface area contributed by atoms with Crippen molar-refractivity contribution in [2.24, 2.45) is 5.41 Å². The molecule has 0 saturated carbocycles. The first-order valence-electron chi connectivity index (χ1n) is 5.99. The van der Waals surface area contributed by atoms with Crippen molar-refractivity contribution in [3.63, 3.8) is 0 Å². The van der Waals surface area contributed by atoms with E-state index in [0.29, 0.717) is 5.41 Å². The van der Waals surface area contributed by atoms with Crippen molar-refractivity contribution in [1.82, 2.24) is 0 Å². The van der Waals surface area contributed by atoms with Crippen molar-refractivity contribution in [2.75, 3.05) is 11.5 Å². The van der Waals surface area contributed by atoms with Gasteiger partial charge >= 0.3 is 0 Å². The van der Waals surface area contributed by atoms with E-state index in [1.807, 2.05) is 11.8 Å². The van der Waals surface area contributed by atoms with Gasteiger partial charge in [0.2, 0.25) is 0 Å². The quantitative estimate of drug-likeness (QED) is 0.691. The lowest BCUT2D eigenvalue weighted by molar-refractivity contribution is 0.357. The molecule has 90 valence electrons. The fraction of sp³-hybridized carbons (Fsp3) is 0.571. The molecule has 1 rings (SSSR count). The normalized spacial score (nSPS) is 11.7. The molecule has 0 radical (unpaired) electrons. The van der Waals surface area contributed by atoms with Gasteiger partial charge < -0.3 is 0 Å². The van der Waals surface area contributed by atoms with E-state index in [4.69, 9.17) is 0 Å². The zero-order chi connectivity index (χ0) is 11.9. The lowest BCUT2D eigenvalue weighted by atomic mass is 9.87. The van der Waals surface area contributed by atoms with E-state index in [0.717, 1.165) is 11.5 Å². The van der Waals surface area contributed by atoms with E-state index < -0.39 is 0 Å². The number of benzene rings is 1. The molecular formula is C14H22S2. The van der Waals surface area contributed by atoms with Crippen LogP contribution in [0.3, 0.4) is 0 Å². The Morgan fingerprint density at radius 3 is 2.25 bits per heavy atom. The van der Waals surface area contributed by atoms with Crippen LogP contribution in [0.4, 0.5) is 0 Å². The van der Waals surface area contributed by atoms with Gasteiger partial charge in [-0.15, -0.1) is 0 Å². The minimum Gasteiger partial charge on any atom is -0.179 e.